The van der Waals surface area contributed by atoms with Gasteiger partial charge in [0.1, 0.15) is 11.5 Å². The second-order valence-electron chi connectivity index (χ2n) is 9.03. The number of carbonyl (C=O) groups excluding carboxylic acids is 2. The summed E-state index contributed by atoms with van der Waals surface area (Å²) in [5.74, 6) is -0.0939. The van der Waals surface area contributed by atoms with Gasteiger partial charge in [-0.1, -0.05) is 12.1 Å². The summed E-state index contributed by atoms with van der Waals surface area (Å²) in [6.07, 6.45) is -0.00399. The van der Waals surface area contributed by atoms with Crippen LogP contribution in [0.25, 0.3) is 5.76 Å². The Kier molecular flexibility index (Phi) is 8.07. The average Bonchev–Trinajstić information content (AvgIpc) is 3.07. The molecule has 0 aliphatic carbocycles. The number of nitrogens with zero attached hydrogens (tertiary/aromatic N) is 2. The van der Waals surface area contributed by atoms with E-state index in [-0.39, 0.29) is 17.4 Å². The third-order valence-corrected chi connectivity index (χ3v) is 5.87. The first-order valence-electron chi connectivity index (χ1n) is 11.5. The van der Waals surface area contributed by atoms with Gasteiger partial charge in [0.15, 0.2) is 11.5 Å². The number of benzene rings is 2. The lowest BCUT2D eigenvalue weighted by Crippen LogP contribution is -2.35. The van der Waals surface area contributed by atoms with Crippen LogP contribution in [0.3, 0.4) is 0 Å². The Hall–Kier alpha value is -3.52. The van der Waals surface area contributed by atoms with E-state index in [1.165, 1.54) is 19.1 Å². The number of amides is 1. The van der Waals surface area contributed by atoms with E-state index in [0.29, 0.717) is 41.5 Å². The Morgan fingerprint density at radius 2 is 1.80 bits per heavy atom. The van der Waals surface area contributed by atoms with Crippen LogP contribution in [0.15, 0.2) is 42.0 Å². The average molecular weight is 483 g/mol. The third kappa shape index (κ3) is 5.27. The molecule has 8 heteroatoms. The van der Waals surface area contributed by atoms with Gasteiger partial charge >= 0.3 is 0 Å². The van der Waals surface area contributed by atoms with Gasteiger partial charge in [-0.05, 0) is 64.7 Å². The van der Waals surface area contributed by atoms with Crippen LogP contribution in [0.1, 0.15) is 36.6 Å². The summed E-state index contributed by atoms with van der Waals surface area (Å²) in [5.41, 5.74) is 1.80. The van der Waals surface area contributed by atoms with E-state index in [1.54, 1.807) is 36.4 Å². The molecule has 0 aromatic heterocycles. The van der Waals surface area contributed by atoms with Gasteiger partial charge in [-0.3, -0.25) is 9.59 Å². The number of ether oxygens (including phenoxy) is 3. The van der Waals surface area contributed by atoms with Gasteiger partial charge in [0.05, 0.1) is 31.9 Å². The predicted octanol–water partition coefficient (Wildman–Crippen LogP) is 3.78. The van der Waals surface area contributed by atoms with Crippen molar-refractivity contribution in [2.75, 3.05) is 41.4 Å². The van der Waals surface area contributed by atoms with Gasteiger partial charge < -0.3 is 29.1 Å². The van der Waals surface area contributed by atoms with Gasteiger partial charge in [-0.25, -0.2) is 0 Å². The molecule has 188 valence electrons. The lowest BCUT2D eigenvalue weighted by molar-refractivity contribution is -0.140. The van der Waals surface area contributed by atoms with E-state index < -0.39 is 17.7 Å². The molecule has 1 amide bonds. The van der Waals surface area contributed by atoms with Crippen LogP contribution in [0.4, 0.5) is 0 Å². The molecular formula is C27H34N2O6. The quantitative estimate of drug-likeness (QED) is 0.331. The summed E-state index contributed by atoms with van der Waals surface area (Å²) in [6.45, 7) is 6.57. The summed E-state index contributed by atoms with van der Waals surface area (Å²) in [4.78, 5) is 29.9. The van der Waals surface area contributed by atoms with Crippen LogP contribution in [-0.2, 0) is 9.59 Å². The number of para-hydroxylation sites is 1. The Bertz CT molecular complexity index is 1140. The first kappa shape index (κ1) is 26.1. The molecule has 35 heavy (non-hydrogen) atoms. The highest BCUT2D eigenvalue weighted by molar-refractivity contribution is 6.46. The number of carbonyl (C=O) groups is 2. The largest absolute Gasteiger partial charge is 0.507 e. The molecule has 1 aliphatic heterocycles. The minimum Gasteiger partial charge on any atom is -0.507 e. The van der Waals surface area contributed by atoms with E-state index in [1.807, 2.05) is 39.8 Å². The van der Waals surface area contributed by atoms with Crippen molar-refractivity contribution in [1.82, 2.24) is 9.80 Å². The maximum atomic E-state index is 13.3. The van der Waals surface area contributed by atoms with Gasteiger partial charge in [0.2, 0.25) is 0 Å². The molecule has 0 radical (unpaired) electrons. The van der Waals surface area contributed by atoms with E-state index in [9.17, 15) is 14.7 Å². The Labute approximate surface area is 206 Å². The molecule has 1 saturated heterocycles. The first-order valence-corrected chi connectivity index (χ1v) is 11.5. The van der Waals surface area contributed by atoms with Crippen molar-refractivity contribution >= 4 is 17.4 Å². The molecule has 1 fully saturated rings. The van der Waals surface area contributed by atoms with Crippen molar-refractivity contribution in [3.63, 3.8) is 0 Å². The number of hydrogen-bond acceptors (Lipinski definition) is 7. The van der Waals surface area contributed by atoms with E-state index in [2.05, 4.69) is 0 Å². The highest BCUT2D eigenvalue weighted by Crippen LogP contribution is 2.45. The second kappa shape index (κ2) is 10.8. The number of aliphatic hydroxyl groups excluding tert-OH is 1. The zero-order valence-corrected chi connectivity index (χ0v) is 21.4. The zero-order chi connectivity index (χ0) is 25.9. The molecule has 8 nitrogen and oxygen atoms in total. The van der Waals surface area contributed by atoms with Gasteiger partial charge in [0, 0.05) is 24.2 Å². The van der Waals surface area contributed by atoms with Gasteiger partial charge in [-0.15, -0.1) is 0 Å². The minimum absolute atomic E-state index is 0.00399. The number of aliphatic hydroxyl groups is 1. The minimum atomic E-state index is -0.841. The van der Waals surface area contributed by atoms with Crippen LogP contribution < -0.4 is 14.2 Å². The number of rotatable bonds is 9. The van der Waals surface area contributed by atoms with Crippen molar-refractivity contribution in [2.24, 2.45) is 0 Å². The van der Waals surface area contributed by atoms with Gasteiger partial charge in [-0.2, -0.15) is 0 Å². The molecule has 1 heterocycles. The topological polar surface area (TPSA) is 88.5 Å². The van der Waals surface area contributed by atoms with Crippen molar-refractivity contribution in [1.29, 1.82) is 0 Å². The molecular weight excluding hydrogens is 448 g/mol. The highest BCUT2D eigenvalue weighted by atomic mass is 16.5. The van der Waals surface area contributed by atoms with Crippen LogP contribution in [-0.4, -0.2) is 74.1 Å². The lowest BCUT2D eigenvalue weighted by atomic mass is 9.94. The number of likely N-dealkylation sites (tertiary alicyclic amines) is 1. The molecule has 0 spiro atoms. The zero-order valence-electron chi connectivity index (χ0n) is 21.4. The standard InChI is InChI=1S/C27H34N2O6/c1-16(2)35-20-12-11-18(15-17(20)3)24(30)22-23(19-9-8-10-21(33-6)26(19)34-7)29(14-13-28(4)5)27(32)25(22)31/h8-12,15-16,23,30H,13-14H2,1-7H3/b24-22+. The van der Waals surface area contributed by atoms with Crippen molar-refractivity contribution in [3.05, 3.63) is 58.7 Å². The first-order chi connectivity index (χ1) is 16.6. The molecule has 0 bridgehead atoms. The normalized spacial score (nSPS) is 17.4. The van der Waals surface area contributed by atoms with Crippen LogP contribution >= 0.6 is 0 Å². The highest BCUT2D eigenvalue weighted by Gasteiger charge is 2.47. The smallest absolute Gasteiger partial charge is 0.295 e. The summed E-state index contributed by atoms with van der Waals surface area (Å²) in [5, 5.41) is 11.4. The molecule has 1 N–H and O–H groups in total. The van der Waals surface area contributed by atoms with Crippen molar-refractivity contribution in [3.8, 4) is 17.2 Å². The summed E-state index contributed by atoms with van der Waals surface area (Å²) < 4.78 is 16.9. The molecule has 0 saturated carbocycles. The summed E-state index contributed by atoms with van der Waals surface area (Å²) in [6, 6.07) is 9.64. The van der Waals surface area contributed by atoms with E-state index in [4.69, 9.17) is 14.2 Å². The monoisotopic (exact) mass is 482 g/mol. The Balaban J connectivity index is 2.21. The molecule has 1 unspecified atom stereocenters. The predicted molar refractivity (Wildman–Crippen MR) is 134 cm³/mol. The van der Waals surface area contributed by atoms with Crippen LogP contribution in [0.5, 0.6) is 17.2 Å². The van der Waals surface area contributed by atoms with Crippen LogP contribution in [0, 0.1) is 6.92 Å². The van der Waals surface area contributed by atoms with Crippen LogP contribution in [0.2, 0.25) is 0 Å². The number of Topliss-reactive ketones (excluding diaryl/α,β-unsaturated/α-hetero) is 1. The summed E-state index contributed by atoms with van der Waals surface area (Å²) >= 11 is 0. The maximum Gasteiger partial charge on any atom is 0.295 e. The van der Waals surface area contributed by atoms with E-state index in [0.717, 1.165) is 5.56 Å². The number of likely N-dealkylation sites (N-methyl/N-ethyl adjacent to an activating group) is 1. The molecule has 3 rings (SSSR count). The number of aryl methyl sites for hydroxylation is 1. The van der Waals surface area contributed by atoms with E-state index >= 15 is 0 Å². The van der Waals surface area contributed by atoms with Crippen molar-refractivity contribution in [2.45, 2.75) is 32.9 Å². The second-order valence-corrected chi connectivity index (χ2v) is 9.03. The molecule has 2 aromatic rings. The van der Waals surface area contributed by atoms with Gasteiger partial charge in [0.25, 0.3) is 11.7 Å². The molecule has 1 atom stereocenters. The SMILES string of the molecule is COc1cccc(C2/C(=C(\O)c3ccc(OC(C)C)c(C)c3)C(=O)C(=O)N2CCN(C)C)c1OC. The third-order valence-electron chi connectivity index (χ3n) is 5.87. The Morgan fingerprint density at radius 3 is 2.37 bits per heavy atom. The fourth-order valence-electron chi connectivity index (χ4n) is 4.21. The molecule has 2 aromatic carbocycles. The number of ketones is 1. The fraction of sp³-hybridized carbons (Fsp3) is 0.407. The lowest BCUT2D eigenvalue weighted by Gasteiger charge is -2.28. The number of hydrogen-bond donors (Lipinski definition) is 1. The summed E-state index contributed by atoms with van der Waals surface area (Å²) in [7, 11) is 6.81. The maximum absolute atomic E-state index is 13.3. The fourth-order valence-corrected chi connectivity index (χ4v) is 4.21. The number of methoxy groups -OCH3 is 2. The Morgan fingerprint density at radius 1 is 1.09 bits per heavy atom. The van der Waals surface area contributed by atoms with Crippen molar-refractivity contribution < 1.29 is 28.9 Å². The molecule has 1 aliphatic rings.